The summed E-state index contributed by atoms with van der Waals surface area (Å²) in [4.78, 5) is 8.68. The van der Waals surface area contributed by atoms with Gasteiger partial charge in [0.1, 0.15) is 0 Å². The van der Waals surface area contributed by atoms with Crippen molar-refractivity contribution in [3.05, 3.63) is 10.6 Å². The molecule has 1 aliphatic rings. The van der Waals surface area contributed by atoms with Crippen LogP contribution in [0.5, 0.6) is 0 Å². The predicted molar refractivity (Wildman–Crippen MR) is 84.1 cm³/mol. The first-order valence-corrected chi connectivity index (χ1v) is 8.44. The first kappa shape index (κ1) is 14.8. The third kappa shape index (κ3) is 4.18. The van der Waals surface area contributed by atoms with Gasteiger partial charge >= 0.3 is 0 Å². The highest BCUT2D eigenvalue weighted by atomic mass is 32.1. The maximum absolute atomic E-state index is 4.78. The van der Waals surface area contributed by atoms with Gasteiger partial charge in [0.25, 0.3) is 0 Å². The molecule has 4 heteroatoms. The number of nitrogens with zero attached hydrogens (tertiary/aromatic N) is 2. The first-order chi connectivity index (χ1) is 9.20. The van der Waals surface area contributed by atoms with Crippen molar-refractivity contribution in [1.29, 1.82) is 0 Å². The molecule has 1 aromatic rings. The molecule has 0 radical (unpaired) electrons. The summed E-state index contributed by atoms with van der Waals surface area (Å²) < 4.78 is 0. The molecular formula is C15H27N3S. The fourth-order valence-electron chi connectivity index (χ4n) is 2.54. The molecule has 0 aliphatic carbocycles. The van der Waals surface area contributed by atoms with Crippen LogP contribution < -0.4 is 10.2 Å². The lowest BCUT2D eigenvalue weighted by Gasteiger charge is -2.18. The second-order valence-electron chi connectivity index (χ2n) is 5.70. The van der Waals surface area contributed by atoms with Gasteiger partial charge in [-0.2, -0.15) is 0 Å². The number of aromatic nitrogens is 1. The minimum absolute atomic E-state index is 0.872. The first-order valence-electron chi connectivity index (χ1n) is 7.62. The summed E-state index contributed by atoms with van der Waals surface area (Å²) in [5, 5.41) is 4.72. The van der Waals surface area contributed by atoms with Crippen LogP contribution in [0.1, 0.15) is 50.1 Å². The molecule has 1 aliphatic heterocycles. The maximum Gasteiger partial charge on any atom is 0.185 e. The summed E-state index contributed by atoms with van der Waals surface area (Å²) >= 11 is 1.88. The molecule has 3 nitrogen and oxygen atoms in total. The Balaban J connectivity index is 1.98. The second kappa shape index (κ2) is 7.25. The average molecular weight is 281 g/mol. The average Bonchev–Trinajstić information content (AvgIpc) is 2.61. The Bertz CT molecular complexity index is 389. The third-order valence-electron chi connectivity index (χ3n) is 3.88. The van der Waals surface area contributed by atoms with Gasteiger partial charge in [-0.05, 0) is 45.1 Å². The molecule has 1 unspecified atom stereocenters. The molecule has 1 saturated heterocycles. The lowest BCUT2D eigenvalue weighted by Crippen LogP contribution is -2.23. The quantitative estimate of drug-likeness (QED) is 0.836. The van der Waals surface area contributed by atoms with Gasteiger partial charge in [-0.25, -0.2) is 4.98 Å². The molecule has 0 spiro atoms. The molecule has 2 heterocycles. The second-order valence-corrected chi connectivity index (χ2v) is 6.77. The number of anilines is 1. The summed E-state index contributed by atoms with van der Waals surface area (Å²) in [5.74, 6) is 0.872. The van der Waals surface area contributed by atoms with Gasteiger partial charge in [0, 0.05) is 24.5 Å². The fourth-order valence-corrected chi connectivity index (χ4v) is 3.63. The Morgan fingerprint density at radius 3 is 3.00 bits per heavy atom. The van der Waals surface area contributed by atoms with E-state index < -0.39 is 0 Å². The minimum atomic E-state index is 0.872. The van der Waals surface area contributed by atoms with Crippen LogP contribution in [0.2, 0.25) is 0 Å². The van der Waals surface area contributed by atoms with E-state index in [4.69, 9.17) is 4.98 Å². The number of aryl methyl sites for hydroxylation is 1. The van der Waals surface area contributed by atoms with Crippen LogP contribution in [0.15, 0.2) is 0 Å². The molecule has 1 fully saturated rings. The summed E-state index contributed by atoms with van der Waals surface area (Å²) in [5.41, 5.74) is 1.21. The zero-order valence-corrected chi connectivity index (χ0v) is 13.4. The van der Waals surface area contributed by atoms with Gasteiger partial charge in [-0.1, -0.05) is 13.8 Å². The molecule has 0 saturated carbocycles. The zero-order chi connectivity index (χ0) is 13.7. The lowest BCUT2D eigenvalue weighted by atomic mass is 10.0. The number of rotatable bonds is 5. The van der Waals surface area contributed by atoms with E-state index in [0.717, 1.165) is 19.0 Å². The standard InChI is InChI=1S/C15H27N3S/c1-4-8-16-11-14-13(3)17-15(19-14)18-9-5-6-12(2)7-10-18/h12,16H,4-11H2,1-3H3. The Kier molecular flexibility index (Phi) is 5.64. The van der Waals surface area contributed by atoms with Gasteiger partial charge in [-0.15, -0.1) is 11.3 Å². The van der Waals surface area contributed by atoms with Crippen molar-refractivity contribution in [3.63, 3.8) is 0 Å². The zero-order valence-electron chi connectivity index (χ0n) is 12.5. The number of thiazole rings is 1. The monoisotopic (exact) mass is 281 g/mol. The van der Waals surface area contributed by atoms with E-state index in [2.05, 4.69) is 31.0 Å². The van der Waals surface area contributed by atoms with E-state index in [-0.39, 0.29) is 0 Å². The molecule has 2 rings (SSSR count). The summed E-state index contributed by atoms with van der Waals surface area (Å²) in [6, 6.07) is 0. The Morgan fingerprint density at radius 1 is 1.37 bits per heavy atom. The van der Waals surface area contributed by atoms with Gasteiger partial charge in [0.15, 0.2) is 5.13 Å². The molecule has 1 N–H and O–H groups in total. The largest absolute Gasteiger partial charge is 0.348 e. The Morgan fingerprint density at radius 2 is 2.21 bits per heavy atom. The summed E-state index contributed by atoms with van der Waals surface area (Å²) in [7, 11) is 0. The molecule has 108 valence electrons. The fraction of sp³-hybridized carbons (Fsp3) is 0.800. The highest BCUT2D eigenvalue weighted by Gasteiger charge is 2.18. The maximum atomic E-state index is 4.78. The van der Waals surface area contributed by atoms with Crippen LogP contribution in [0.4, 0.5) is 5.13 Å². The van der Waals surface area contributed by atoms with Crippen molar-refractivity contribution in [2.45, 2.75) is 53.0 Å². The van der Waals surface area contributed by atoms with E-state index in [1.54, 1.807) is 0 Å². The van der Waals surface area contributed by atoms with Crippen LogP contribution in [-0.4, -0.2) is 24.6 Å². The van der Waals surface area contributed by atoms with Crippen molar-refractivity contribution in [1.82, 2.24) is 10.3 Å². The Hall–Kier alpha value is -0.610. The number of hydrogen-bond donors (Lipinski definition) is 1. The molecule has 1 aromatic heterocycles. The van der Waals surface area contributed by atoms with Crippen molar-refractivity contribution in [3.8, 4) is 0 Å². The van der Waals surface area contributed by atoms with Gasteiger partial charge in [0.2, 0.25) is 0 Å². The molecule has 0 bridgehead atoms. The predicted octanol–water partition coefficient (Wildman–Crippen LogP) is 3.58. The number of hydrogen-bond acceptors (Lipinski definition) is 4. The van der Waals surface area contributed by atoms with Crippen molar-refractivity contribution >= 4 is 16.5 Å². The van der Waals surface area contributed by atoms with E-state index in [1.807, 2.05) is 11.3 Å². The molecule has 0 aromatic carbocycles. The van der Waals surface area contributed by atoms with E-state index >= 15 is 0 Å². The highest BCUT2D eigenvalue weighted by molar-refractivity contribution is 7.15. The topological polar surface area (TPSA) is 28.2 Å². The Labute approximate surface area is 121 Å². The van der Waals surface area contributed by atoms with Gasteiger partial charge < -0.3 is 10.2 Å². The van der Waals surface area contributed by atoms with Crippen LogP contribution in [0.3, 0.4) is 0 Å². The minimum Gasteiger partial charge on any atom is -0.348 e. The van der Waals surface area contributed by atoms with Crippen LogP contribution >= 0.6 is 11.3 Å². The van der Waals surface area contributed by atoms with Gasteiger partial charge in [-0.3, -0.25) is 0 Å². The molecular weight excluding hydrogens is 254 g/mol. The van der Waals surface area contributed by atoms with E-state index in [1.165, 1.54) is 54.5 Å². The summed E-state index contributed by atoms with van der Waals surface area (Å²) in [6.45, 7) is 11.1. The molecule has 1 atom stereocenters. The third-order valence-corrected chi connectivity index (χ3v) is 5.10. The van der Waals surface area contributed by atoms with Crippen LogP contribution in [0.25, 0.3) is 0 Å². The van der Waals surface area contributed by atoms with Crippen molar-refractivity contribution < 1.29 is 0 Å². The van der Waals surface area contributed by atoms with E-state index in [0.29, 0.717) is 0 Å². The van der Waals surface area contributed by atoms with Crippen LogP contribution in [0, 0.1) is 12.8 Å². The van der Waals surface area contributed by atoms with Crippen LogP contribution in [-0.2, 0) is 6.54 Å². The van der Waals surface area contributed by atoms with Gasteiger partial charge in [0.05, 0.1) is 5.69 Å². The van der Waals surface area contributed by atoms with Crippen molar-refractivity contribution in [2.75, 3.05) is 24.5 Å². The molecule has 0 amide bonds. The number of nitrogens with one attached hydrogen (secondary N) is 1. The molecule has 19 heavy (non-hydrogen) atoms. The van der Waals surface area contributed by atoms with Crippen molar-refractivity contribution in [2.24, 2.45) is 5.92 Å². The lowest BCUT2D eigenvalue weighted by molar-refractivity contribution is 0.521. The smallest absolute Gasteiger partial charge is 0.185 e. The highest BCUT2D eigenvalue weighted by Crippen LogP contribution is 2.28. The normalized spacial score (nSPS) is 20.6. The van der Waals surface area contributed by atoms with E-state index in [9.17, 15) is 0 Å². The SMILES string of the molecule is CCCNCc1sc(N2CCCC(C)CC2)nc1C. The summed E-state index contributed by atoms with van der Waals surface area (Å²) in [6.07, 6.45) is 5.17.